The Morgan fingerprint density at radius 3 is 2.53 bits per heavy atom. The zero-order valence-electron chi connectivity index (χ0n) is 9.47. The van der Waals surface area contributed by atoms with Crippen LogP contribution in [0.15, 0.2) is 18.2 Å². The number of rotatable bonds is 4. The zero-order valence-corrected chi connectivity index (χ0v) is 9.47. The number of nitrogens with one attached hydrogen (secondary N) is 1. The summed E-state index contributed by atoms with van der Waals surface area (Å²) in [5, 5.41) is 29.8. The second-order valence-corrected chi connectivity index (χ2v) is 4.10. The summed E-state index contributed by atoms with van der Waals surface area (Å²) in [7, 11) is 0. The topological polar surface area (TPSA) is 116 Å². The highest BCUT2D eigenvalue weighted by atomic mass is 16.3. The van der Waals surface area contributed by atoms with Gasteiger partial charge in [0.15, 0.2) is 0 Å². The fraction of sp³-hybridized carbons (Fsp3) is 0.364. The molecule has 1 rings (SSSR count). The maximum atomic E-state index is 11.8. The highest BCUT2D eigenvalue weighted by molar-refractivity contribution is 5.99. The molecule has 0 unspecified atom stereocenters. The number of anilines is 1. The van der Waals surface area contributed by atoms with Gasteiger partial charge in [-0.05, 0) is 25.1 Å². The summed E-state index contributed by atoms with van der Waals surface area (Å²) in [4.78, 5) is 11.8. The number of hydrogen-bond acceptors (Lipinski definition) is 5. The van der Waals surface area contributed by atoms with Crippen LogP contribution in [0.2, 0.25) is 0 Å². The number of carbonyl (C=O) groups is 1. The van der Waals surface area contributed by atoms with Crippen LogP contribution in [0.5, 0.6) is 5.75 Å². The lowest BCUT2D eigenvalue weighted by molar-refractivity contribution is 0.0724. The number of nitrogen functional groups attached to an aromatic ring is 1. The van der Waals surface area contributed by atoms with Gasteiger partial charge in [-0.3, -0.25) is 4.79 Å². The quantitative estimate of drug-likeness (QED) is 0.357. The molecule has 0 saturated heterocycles. The molecule has 0 bridgehead atoms. The van der Waals surface area contributed by atoms with Crippen LogP contribution in [0, 0.1) is 0 Å². The van der Waals surface area contributed by atoms with E-state index in [9.17, 15) is 9.90 Å². The highest BCUT2D eigenvalue weighted by Gasteiger charge is 2.26. The van der Waals surface area contributed by atoms with Crippen molar-refractivity contribution < 1.29 is 20.1 Å². The minimum Gasteiger partial charge on any atom is -0.508 e. The lowest BCUT2D eigenvalue weighted by Crippen LogP contribution is -2.51. The van der Waals surface area contributed by atoms with Gasteiger partial charge in [0, 0.05) is 5.69 Å². The smallest absolute Gasteiger partial charge is 0.254 e. The van der Waals surface area contributed by atoms with Crippen molar-refractivity contribution >= 4 is 11.6 Å². The summed E-state index contributed by atoms with van der Waals surface area (Å²) in [6, 6.07) is 3.99. The normalized spacial score (nSPS) is 11.2. The van der Waals surface area contributed by atoms with E-state index in [0.29, 0.717) is 0 Å². The molecule has 0 saturated carbocycles. The molecule has 1 amide bonds. The van der Waals surface area contributed by atoms with Gasteiger partial charge in [0.2, 0.25) is 0 Å². The molecular formula is C11H16N2O4. The Hall–Kier alpha value is -1.79. The molecule has 0 fully saturated rings. The van der Waals surface area contributed by atoms with Crippen LogP contribution in [0.3, 0.4) is 0 Å². The number of aliphatic hydroxyl groups is 2. The first kappa shape index (κ1) is 13.3. The number of hydrogen-bond donors (Lipinski definition) is 5. The van der Waals surface area contributed by atoms with Gasteiger partial charge in [-0.2, -0.15) is 0 Å². The molecule has 0 heterocycles. The minimum absolute atomic E-state index is 0.0842. The van der Waals surface area contributed by atoms with E-state index in [1.165, 1.54) is 25.1 Å². The summed E-state index contributed by atoms with van der Waals surface area (Å²) in [5.41, 5.74) is 4.77. The van der Waals surface area contributed by atoms with Crippen molar-refractivity contribution in [3.05, 3.63) is 23.8 Å². The predicted octanol–water partition coefficient (Wildman–Crippen LogP) is -0.553. The summed E-state index contributed by atoms with van der Waals surface area (Å²) in [6.45, 7) is 0.672. The molecule has 1 aromatic rings. The van der Waals surface area contributed by atoms with Crippen molar-refractivity contribution in [1.82, 2.24) is 5.32 Å². The zero-order chi connectivity index (χ0) is 13.1. The van der Waals surface area contributed by atoms with Crippen LogP contribution in [0.25, 0.3) is 0 Å². The Kier molecular flexibility index (Phi) is 3.93. The molecule has 6 N–H and O–H groups in total. The van der Waals surface area contributed by atoms with Gasteiger partial charge in [-0.1, -0.05) is 0 Å². The van der Waals surface area contributed by atoms with Crippen molar-refractivity contribution in [2.45, 2.75) is 12.5 Å². The lowest BCUT2D eigenvalue weighted by Gasteiger charge is -2.26. The van der Waals surface area contributed by atoms with Crippen molar-refractivity contribution in [2.24, 2.45) is 0 Å². The molecule has 0 aliphatic carbocycles. The van der Waals surface area contributed by atoms with E-state index in [2.05, 4.69) is 5.32 Å². The minimum atomic E-state index is -1.13. The SMILES string of the molecule is CC(CO)(CO)NC(=O)c1cc(O)ccc1N. The van der Waals surface area contributed by atoms with Gasteiger partial charge in [-0.15, -0.1) is 0 Å². The molecule has 0 aliphatic heterocycles. The van der Waals surface area contributed by atoms with Gasteiger partial charge in [0.1, 0.15) is 5.75 Å². The molecule has 0 aliphatic rings. The molecule has 1 aromatic carbocycles. The number of nitrogens with two attached hydrogens (primary N) is 1. The average Bonchev–Trinajstić information content (AvgIpc) is 2.32. The fourth-order valence-electron chi connectivity index (χ4n) is 1.21. The van der Waals surface area contributed by atoms with Crippen molar-refractivity contribution in [3.63, 3.8) is 0 Å². The van der Waals surface area contributed by atoms with Crippen molar-refractivity contribution in [3.8, 4) is 5.75 Å². The Labute approximate surface area is 98.7 Å². The van der Waals surface area contributed by atoms with E-state index in [4.69, 9.17) is 15.9 Å². The van der Waals surface area contributed by atoms with Crippen LogP contribution in [-0.4, -0.2) is 40.0 Å². The third-order valence-corrected chi connectivity index (χ3v) is 2.39. The standard InChI is InChI=1S/C11H16N2O4/c1-11(5-14,6-15)13-10(17)8-4-7(16)2-3-9(8)12/h2-4,14-16H,5-6,12H2,1H3,(H,13,17). The second-order valence-electron chi connectivity index (χ2n) is 4.10. The Balaban J connectivity index is 2.94. The second kappa shape index (κ2) is 5.03. The van der Waals surface area contributed by atoms with E-state index in [1.54, 1.807) is 0 Å². The van der Waals surface area contributed by atoms with Gasteiger partial charge in [0.05, 0.1) is 24.3 Å². The monoisotopic (exact) mass is 240 g/mol. The number of aromatic hydroxyl groups is 1. The number of phenols is 1. The van der Waals surface area contributed by atoms with Gasteiger partial charge in [0.25, 0.3) is 5.91 Å². The highest BCUT2D eigenvalue weighted by Crippen LogP contribution is 2.19. The predicted molar refractivity (Wildman–Crippen MR) is 62.6 cm³/mol. The summed E-state index contributed by atoms with van der Waals surface area (Å²) in [6.07, 6.45) is 0. The van der Waals surface area contributed by atoms with Crippen molar-refractivity contribution in [2.75, 3.05) is 18.9 Å². The third kappa shape index (κ3) is 3.08. The van der Waals surface area contributed by atoms with E-state index < -0.39 is 24.7 Å². The largest absolute Gasteiger partial charge is 0.508 e. The molecule has 0 spiro atoms. The van der Waals surface area contributed by atoms with Gasteiger partial charge < -0.3 is 26.4 Å². The van der Waals surface area contributed by atoms with Gasteiger partial charge >= 0.3 is 0 Å². The number of phenolic OH excluding ortho intramolecular Hbond substituents is 1. The van der Waals surface area contributed by atoms with Crippen LogP contribution >= 0.6 is 0 Å². The number of aliphatic hydroxyl groups excluding tert-OH is 2. The molecule has 0 radical (unpaired) electrons. The average molecular weight is 240 g/mol. The lowest BCUT2D eigenvalue weighted by atomic mass is 10.0. The van der Waals surface area contributed by atoms with Crippen molar-refractivity contribution in [1.29, 1.82) is 0 Å². The summed E-state index contributed by atoms with van der Waals surface area (Å²) in [5.74, 6) is -0.650. The first-order chi connectivity index (χ1) is 7.91. The summed E-state index contributed by atoms with van der Waals surface area (Å²) < 4.78 is 0. The molecule has 0 atom stereocenters. The van der Waals surface area contributed by atoms with E-state index in [0.717, 1.165) is 0 Å². The molecular weight excluding hydrogens is 224 g/mol. The number of carbonyl (C=O) groups excluding carboxylic acids is 1. The molecule has 6 heteroatoms. The maximum Gasteiger partial charge on any atom is 0.254 e. The number of benzene rings is 1. The molecule has 17 heavy (non-hydrogen) atoms. The Morgan fingerprint density at radius 1 is 1.41 bits per heavy atom. The summed E-state index contributed by atoms with van der Waals surface area (Å²) >= 11 is 0. The van der Waals surface area contributed by atoms with Crippen LogP contribution in [0.4, 0.5) is 5.69 Å². The first-order valence-electron chi connectivity index (χ1n) is 5.04. The van der Waals surface area contributed by atoms with Crippen LogP contribution in [-0.2, 0) is 0 Å². The Morgan fingerprint density at radius 2 is 2.00 bits per heavy atom. The maximum absolute atomic E-state index is 11.8. The van der Waals surface area contributed by atoms with E-state index in [1.807, 2.05) is 0 Å². The molecule has 0 aromatic heterocycles. The Bertz CT molecular complexity index is 416. The molecule has 94 valence electrons. The number of amides is 1. The van der Waals surface area contributed by atoms with Crippen LogP contribution in [0.1, 0.15) is 17.3 Å². The third-order valence-electron chi connectivity index (χ3n) is 2.39. The molecule has 6 nitrogen and oxygen atoms in total. The first-order valence-corrected chi connectivity index (χ1v) is 5.04. The van der Waals surface area contributed by atoms with E-state index >= 15 is 0 Å². The van der Waals surface area contributed by atoms with E-state index in [-0.39, 0.29) is 17.0 Å². The fourth-order valence-corrected chi connectivity index (χ4v) is 1.21. The van der Waals surface area contributed by atoms with Gasteiger partial charge in [-0.25, -0.2) is 0 Å². The van der Waals surface area contributed by atoms with Crippen LogP contribution < -0.4 is 11.1 Å².